The fourth-order valence-corrected chi connectivity index (χ4v) is 0. The summed E-state index contributed by atoms with van der Waals surface area (Å²) >= 11 is 0. The van der Waals surface area contributed by atoms with Crippen LogP contribution >= 0.6 is 0 Å². The third kappa shape index (κ3) is 80.9. The molecule has 0 aliphatic carbocycles. The first kappa shape index (κ1) is 8.89. The second-order valence-corrected chi connectivity index (χ2v) is 0.0772. The van der Waals surface area contributed by atoms with Gasteiger partial charge in [0.2, 0.25) is 0 Å². The van der Waals surface area contributed by atoms with Crippen LogP contribution in [0.4, 0.5) is 4.39 Å². The van der Waals surface area contributed by atoms with E-state index in [1.165, 1.54) is 0 Å². The van der Waals surface area contributed by atoms with Crippen LogP contribution in [0.15, 0.2) is 0 Å². The Morgan fingerprint density at radius 3 is 1.75 bits per heavy atom. The average Bonchev–Trinajstić information content (AvgIpc) is 0.918. The van der Waals surface area contributed by atoms with E-state index in [0.29, 0.717) is 0 Å². The van der Waals surface area contributed by atoms with Crippen molar-refractivity contribution in [2.45, 2.75) is 0 Å². The second kappa shape index (κ2) is 10.8. The molecule has 0 aromatic heterocycles. The zero-order chi connectivity index (χ0) is 2.71. The number of rotatable bonds is 0. The van der Waals surface area contributed by atoms with Gasteiger partial charge in [-0.05, 0) is 0 Å². The number of carbonyl (C=O) groups excluding carboxylic acids is 1. The van der Waals surface area contributed by atoms with Crippen LogP contribution in [0.25, 0.3) is 0 Å². The van der Waals surface area contributed by atoms with E-state index >= 15 is 0 Å². The first-order valence-electron chi connectivity index (χ1n) is 0.393. The Balaban J connectivity index is 0. The molecule has 0 saturated heterocycles. The molecule has 0 bridgehead atoms. The molecule has 4 heavy (non-hydrogen) atoms. The molecule has 0 atom stereocenters. The molecule has 0 rings (SSSR count). The van der Waals surface area contributed by atoms with Crippen LogP contribution in [0.2, 0.25) is 0 Å². The van der Waals surface area contributed by atoms with E-state index < -0.39 is 0 Å². The minimum absolute atomic E-state index is 0. The number of hydrogen-bond acceptors (Lipinski definition) is 1. The molecular weight excluding hydrogens is 53.9 g/mol. The molecule has 0 aliphatic heterocycles. The fraction of sp³-hybridized carbons (Fsp3) is 0. The molecule has 0 radical (unpaired) electrons. The van der Waals surface area contributed by atoms with Crippen LogP contribution < -0.4 is 18.9 Å². The molecule has 3 heteroatoms. The Morgan fingerprint density at radius 2 is 1.75 bits per heavy atom. The maximum atomic E-state index is 9.49. The van der Waals surface area contributed by atoms with Crippen molar-refractivity contribution in [2.24, 2.45) is 0 Å². The molecule has 0 amide bonds. The van der Waals surface area contributed by atoms with Gasteiger partial charge in [0.05, 0.1) is 0 Å². The summed E-state index contributed by atoms with van der Waals surface area (Å²) in [5.41, 5.74) is 0. The van der Waals surface area contributed by atoms with Crippen molar-refractivity contribution in [1.29, 1.82) is 0 Å². The summed E-state index contributed by atoms with van der Waals surface area (Å²) in [6, 6.07) is 0. The first-order chi connectivity index (χ1) is 1.41. The van der Waals surface area contributed by atoms with Gasteiger partial charge >= 0.3 is 18.9 Å². The SMILES string of the molecule is O=[C-]F.[Li+]. The predicted octanol–water partition coefficient (Wildman–Crippen LogP) is -2.97. The van der Waals surface area contributed by atoms with Crippen molar-refractivity contribution in [2.75, 3.05) is 0 Å². The van der Waals surface area contributed by atoms with Gasteiger partial charge in [-0.2, -0.15) is 0 Å². The van der Waals surface area contributed by atoms with Crippen LogP contribution in [0.5, 0.6) is 0 Å². The second-order valence-electron chi connectivity index (χ2n) is 0.0772. The quantitative estimate of drug-likeness (QED) is 0.164. The van der Waals surface area contributed by atoms with Gasteiger partial charge in [-0.25, -0.2) is 0 Å². The summed E-state index contributed by atoms with van der Waals surface area (Å²) in [5, 5.41) is 0. The minimum Gasteiger partial charge on any atom is -0.507 e. The fourth-order valence-electron chi connectivity index (χ4n) is 0. The van der Waals surface area contributed by atoms with Crippen molar-refractivity contribution in [3.8, 4) is 0 Å². The Kier molecular flexibility index (Phi) is 23.9. The molecule has 18 valence electrons. The molecule has 0 fully saturated rings. The summed E-state index contributed by atoms with van der Waals surface area (Å²) in [6.45, 7) is 0. The van der Waals surface area contributed by atoms with Gasteiger partial charge in [0, 0.05) is 0 Å². The molecular formula is CFLiO. The van der Waals surface area contributed by atoms with Crippen molar-refractivity contribution in [3.05, 3.63) is 0 Å². The maximum absolute atomic E-state index is 9.49. The molecule has 0 N–H and O–H groups in total. The van der Waals surface area contributed by atoms with E-state index in [9.17, 15) is 4.39 Å². The van der Waals surface area contributed by atoms with Gasteiger partial charge in [0.25, 0.3) is 0 Å². The first-order valence-corrected chi connectivity index (χ1v) is 0.393. The van der Waals surface area contributed by atoms with E-state index in [1.54, 1.807) is 0 Å². The van der Waals surface area contributed by atoms with E-state index in [-0.39, 0.29) is 25.4 Å². The van der Waals surface area contributed by atoms with E-state index in [2.05, 4.69) is 0 Å². The van der Waals surface area contributed by atoms with Gasteiger partial charge in [0.1, 0.15) is 0 Å². The Morgan fingerprint density at radius 1 is 1.75 bits per heavy atom. The predicted molar refractivity (Wildman–Crippen MR) is 6.80 cm³/mol. The molecule has 0 aromatic rings. The van der Waals surface area contributed by atoms with Crippen molar-refractivity contribution in [1.82, 2.24) is 0 Å². The molecule has 0 aromatic carbocycles. The summed E-state index contributed by atoms with van der Waals surface area (Å²) in [5.74, 6) is 0. The zero-order valence-electron chi connectivity index (χ0n) is 2.29. The van der Waals surface area contributed by atoms with E-state index in [0.717, 1.165) is 0 Å². The van der Waals surface area contributed by atoms with Gasteiger partial charge in [-0.15, -0.1) is 0 Å². The van der Waals surface area contributed by atoms with Gasteiger partial charge in [0.15, 0.2) is 0 Å². The topological polar surface area (TPSA) is 17.1 Å². The monoisotopic (exact) mass is 54.0 g/mol. The molecule has 0 aliphatic rings. The Bertz CT molecular complexity index is 15.5. The zero-order valence-corrected chi connectivity index (χ0v) is 2.29. The van der Waals surface area contributed by atoms with E-state index in [1.807, 2.05) is 0 Å². The van der Waals surface area contributed by atoms with Crippen molar-refractivity contribution < 1.29 is 28.0 Å². The molecule has 1 nitrogen and oxygen atoms in total. The molecule has 0 heterocycles. The minimum atomic E-state index is 0. The Hall–Kier alpha value is 0.197. The Labute approximate surface area is 35.4 Å². The van der Waals surface area contributed by atoms with Gasteiger partial charge < -0.3 is 9.18 Å². The van der Waals surface area contributed by atoms with Crippen LogP contribution in [0.3, 0.4) is 0 Å². The van der Waals surface area contributed by atoms with Crippen molar-refractivity contribution in [3.63, 3.8) is 0 Å². The summed E-state index contributed by atoms with van der Waals surface area (Å²) in [7, 11) is 0. The van der Waals surface area contributed by atoms with Crippen molar-refractivity contribution >= 4 is 6.54 Å². The number of hydrogen-bond donors (Lipinski definition) is 0. The average molecular weight is 53.9 g/mol. The third-order valence-corrected chi connectivity index (χ3v) is 0. The van der Waals surface area contributed by atoms with Crippen LogP contribution in [0, 0.1) is 0 Å². The van der Waals surface area contributed by atoms with Gasteiger partial charge in [-0.3, -0.25) is 0 Å². The summed E-state index contributed by atoms with van der Waals surface area (Å²) in [4.78, 5) is 8.01. The smallest absolute Gasteiger partial charge is 0.507 e. The number of halogens is 1. The third-order valence-electron chi connectivity index (χ3n) is 0. The van der Waals surface area contributed by atoms with Gasteiger partial charge in [-0.1, -0.05) is 6.54 Å². The summed E-state index contributed by atoms with van der Waals surface area (Å²) in [6.07, 6.45) is 0. The largest absolute Gasteiger partial charge is 1.00 e. The van der Waals surface area contributed by atoms with E-state index in [4.69, 9.17) is 4.79 Å². The standard InChI is InChI=1S/CFO.Li/c2-1-3;/q-1;+1. The molecule has 0 saturated carbocycles. The summed E-state index contributed by atoms with van der Waals surface area (Å²) < 4.78 is 9.49. The maximum Gasteiger partial charge on any atom is 1.00 e. The van der Waals surface area contributed by atoms with Crippen LogP contribution in [-0.4, -0.2) is 6.54 Å². The molecule has 0 unspecified atom stereocenters. The van der Waals surface area contributed by atoms with Crippen LogP contribution in [-0.2, 0) is 4.79 Å². The molecule has 0 spiro atoms. The normalized spacial score (nSPS) is 3.25. The van der Waals surface area contributed by atoms with Crippen LogP contribution in [0.1, 0.15) is 0 Å².